The molecule has 2 aromatic carbocycles. The van der Waals surface area contributed by atoms with Gasteiger partial charge < -0.3 is 5.32 Å². The van der Waals surface area contributed by atoms with Crippen LogP contribution in [-0.2, 0) is 17.9 Å². The second-order valence-corrected chi connectivity index (χ2v) is 7.69. The SMILES string of the molecule is Cc1ccc(-n2cnnc2SCC(=O)NCc2ccccc2Cn2cncn2)cc1. The molecule has 0 unspecified atom stereocenters. The summed E-state index contributed by atoms with van der Waals surface area (Å²) in [5.74, 6) is 0.199. The standard InChI is InChI=1S/C21H21N7OS/c1-16-6-8-19(9-7-16)28-15-24-26-21(28)30-12-20(29)23-10-17-4-2-3-5-18(17)11-27-14-22-13-25-27/h2-9,13-15H,10-12H2,1H3,(H,23,29). The van der Waals surface area contributed by atoms with Crippen LogP contribution in [0.2, 0.25) is 0 Å². The minimum atomic E-state index is -0.0611. The first-order valence-corrected chi connectivity index (χ1v) is 10.4. The van der Waals surface area contributed by atoms with Crippen LogP contribution >= 0.6 is 11.8 Å². The van der Waals surface area contributed by atoms with Crippen molar-refractivity contribution in [1.82, 2.24) is 34.8 Å². The molecule has 4 rings (SSSR count). The first-order valence-electron chi connectivity index (χ1n) is 9.45. The molecule has 0 aliphatic rings. The number of hydrogen-bond donors (Lipinski definition) is 1. The highest BCUT2D eigenvalue weighted by atomic mass is 32.2. The normalized spacial score (nSPS) is 10.8. The van der Waals surface area contributed by atoms with Crippen molar-refractivity contribution in [2.45, 2.75) is 25.2 Å². The average molecular weight is 420 g/mol. The molecular weight excluding hydrogens is 398 g/mol. The number of hydrogen-bond acceptors (Lipinski definition) is 6. The molecule has 8 nitrogen and oxygen atoms in total. The van der Waals surface area contributed by atoms with Gasteiger partial charge in [0.2, 0.25) is 5.91 Å². The molecule has 1 amide bonds. The molecule has 0 atom stereocenters. The van der Waals surface area contributed by atoms with Crippen LogP contribution in [0.4, 0.5) is 0 Å². The summed E-state index contributed by atoms with van der Waals surface area (Å²) < 4.78 is 3.64. The van der Waals surface area contributed by atoms with Crippen LogP contribution in [0.1, 0.15) is 16.7 Å². The molecule has 0 radical (unpaired) electrons. The van der Waals surface area contributed by atoms with E-state index >= 15 is 0 Å². The molecular formula is C21H21N7OS. The van der Waals surface area contributed by atoms with Gasteiger partial charge in [-0.05, 0) is 30.2 Å². The predicted molar refractivity (Wildman–Crippen MR) is 114 cm³/mol. The average Bonchev–Trinajstić information content (AvgIpc) is 3.44. The number of amides is 1. The van der Waals surface area contributed by atoms with Crippen LogP contribution in [0.15, 0.2) is 72.7 Å². The fraction of sp³-hybridized carbons (Fsp3) is 0.190. The van der Waals surface area contributed by atoms with Crippen molar-refractivity contribution in [3.8, 4) is 5.69 Å². The number of carbonyl (C=O) groups excluding carboxylic acids is 1. The van der Waals surface area contributed by atoms with E-state index in [1.807, 2.05) is 60.0 Å². The Kier molecular flexibility index (Phi) is 6.19. The van der Waals surface area contributed by atoms with Crippen LogP contribution < -0.4 is 5.32 Å². The van der Waals surface area contributed by atoms with Gasteiger partial charge in [0.05, 0.1) is 12.3 Å². The number of rotatable bonds is 8. The summed E-state index contributed by atoms with van der Waals surface area (Å²) in [4.78, 5) is 16.4. The monoisotopic (exact) mass is 419 g/mol. The van der Waals surface area contributed by atoms with Gasteiger partial charge in [-0.2, -0.15) is 5.10 Å². The van der Waals surface area contributed by atoms with Gasteiger partial charge in [0.1, 0.15) is 19.0 Å². The van der Waals surface area contributed by atoms with Gasteiger partial charge in [-0.3, -0.25) is 9.36 Å². The molecule has 0 bridgehead atoms. The Morgan fingerprint density at radius 2 is 1.87 bits per heavy atom. The third-order valence-electron chi connectivity index (χ3n) is 4.55. The number of nitrogens with one attached hydrogen (secondary N) is 1. The van der Waals surface area contributed by atoms with Gasteiger partial charge in [-0.25, -0.2) is 9.67 Å². The van der Waals surface area contributed by atoms with Crippen molar-refractivity contribution in [3.05, 3.63) is 84.2 Å². The molecule has 0 aliphatic carbocycles. The number of aryl methyl sites for hydroxylation is 1. The van der Waals surface area contributed by atoms with Gasteiger partial charge in [0.15, 0.2) is 5.16 Å². The first-order chi connectivity index (χ1) is 14.7. The van der Waals surface area contributed by atoms with Gasteiger partial charge in [0.25, 0.3) is 0 Å². The van der Waals surface area contributed by atoms with Gasteiger partial charge >= 0.3 is 0 Å². The molecule has 0 spiro atoms. The number of carbonyl (C=O) groups is 1. The second-order valence-electron chi connectivity index (χ2n) is 6.75. The fourth-order valence-corrected chi connectivity index (χ4v) is 3.71. The molecule has 152 valence electrons. The number of thioether (sulfide) groups is 1. The molecule has 0 aliphatic heterocycles. The van der Waals surface area contributed by atoms with E-state index in [1.54, 1.807) is 17.3 Å². The van der Waals surface area contributed by atoms with Crippen molar-refractivity contribution in [1.29, 1.82) is 0 Å². The summed E-state index contributed by atoms with van der Waals surface area (Å²) in [6.07, 6.45) is 4.85. The minimum absolute atomic E-state index is 0.0611. The second kappa shape index (κ2) is 9.36. The summed E-state index contributed by atoms with van der Waals surface area (Å²) >= 11 is 1.36. The highest BCUT2D eigenvalue weighted by molar-refractivity contribution is 7.99. The molecule has 0 saturated heterocycles. The van der Waals surface area contributed by atoms with Gasteiger partial charge in [-0.1, -0.05) is 53.7 Å². The fourth-order valence-electron chi connectivity index (χ4n) is 2.95. The maximum atomic E-state index is 12.4. The molecule has 0 saturated carbocycles. The highest BCUT2D eigenvalue weighted by Gasteiger charge is 2.11. The molecule has 0 fully saturated rings. The number of nitrogens with zero attached hydrogens (tertiary/aromatic N) is 6. The van der Waals surface area contributed by atoms with E-state index in [-0.39, 0.29) is 11.7 Å². The lowest BCUT2D eigenvalue weighted by Crippen LogP contribution is -2.25. The van der Waals surface area contributed by atoms with Crippen molar-refractivity contribution in [2.75, 3.05) is 5.75 Å². The zero-order chi connectivity index (χ0) is 20.8. The quantitative estimate of drug-likeness (QED) is 0.442. The lowest BCUT2D eigenvalue weighted by molar-refractivity contribution is -0.118. The molecule has 2 heterocycles. The van der Waals surface area contributed by atoms with Crippen LogP contribution in [0, 0.1) is 6.92 Å². The van der Waals surface area contributed by atoms with E-state index in [0.717, 1.165) is 16.8 Å². The Labute approximate surface area is 178 Å². The predicted octanol–water partition coefficient (Wildman–Crippen LogP) is 2.62. The molecule has 9 heteroatoms. The van der Waals surface area contributed by atoms with Gasteiger partial charge in [-0.15, -0.1) is 10.2 Å². The van der Waals surface area contributed by atoms with E-state index < -0.39 is 0 Å². The van der Waals surface area contributed by atoms with E-state index in [1.165, 1.54) is 23.7 Å². The Hall–Kier alpha value is -3.46. The van der Waals surface area contributed by atoms with Crippen molar-refractivity contribution < 1.29 is 4.79 Å². The molecule has 30 heavy (non-hydrogen) atoms. The third-order valence-corrected chi connectivity index (χ3v) is 5.50. The molecule has 2 aromatic heterocycles. The lowest BCUT2D eigenvalue weighted by atomic mass is 10.1. The van der Waals surface area contributed by atoms with Crippen molar-refractivity contribution in [3.63, 3.8) is 0 Å². The number of benzene rings is 2. The summed E-state index contributed by atoms with van der Waals surface area (Å²) in [6.45, 7) is 3.11. The van der Waals surface area contributed by atoms with E-state index in [4.69, 9.17) is 0 Å². The van der Waals surface area contributed by atoms with E-state index in [9.17, 15) is 4.79 Å². The lowest BCUT2D eigenvalue weighted by Gasteiger charge is -2.11. The summed E-state index contributed by atoms with van der Waals surface area (Å²) in [5, 5.41) is 15.9. The topological polar surface area (TPSA) is 90.5 Å². The zero-order valence-corrected chi connectivity index (χ0v) is 17.3. The summed E-state index contributed by atoms with van der Waals surface area (Å²) in [5.41, 5.74) is 4.30. The third kappa shape index (κ3) is 4.93. The van der Waals surface area contributed by atoms with Crippen LogP contribution in [0.25, 0.3) is 5.69 Å². The van der Waals surface area contributed by atoms with E-state index in [2.05, 4.69) is 25.6 Å². The van der Waals surface area contributed by atoms with Crippen molar-refractivity contribution >= 4 is 17.7 Å². The minimum Gasteiger partial charge on any atom is -0.351 e. The highest BCUT2D eigenvalue weighted by Crippen LogP contribution is 2.19. The number of aromatic nitrogens is 6. The van der Waals surface area contributed by atoms with Crippen LogP contribution in [0.3, 0.4) is 0 Å². The largest absolute Gasteiger partial charge is 0.351 e. The van der Waals surface area contributed by atoms with Gasteiger partial charge in [0, 0.05) is 12.2 Å². The zero-order valence-electron chi connectivity index (χ0n) is 16.5. The van der Waals surface area contributed by atoms with E-state index in [0.29, 0.717) is 18.2 Å². The Morgan fingerprint density at radius 3 is 2.63 bits per heavy atom. The maximum Gasteiger partial charge on any atom is 0.230 e. The Morgan fingerprint density at radius 1 is 1.07 bits per heavy atom. The summed E-state index contributed by atoms with van der Waals surface area (Å²) in [7, 11) is 0. The Balaban J connectivity index is 1.34. The van der Waals surface area contributed by atoms with Crippen molar-refractivity contribution in [2.24, 2.45) is 0 Å². The molecule has 4 aromatic rings. The molecule has 1 N–H and O–H groups in total. The van der Waals surface area contributed by atoms with Crippen LogP contribution in [0.5, 0.6) is 0 Å². The van der Waals surface area contributed by atoms with Crippen LogP contribution in [-0.4, -0.2) is 41.2 Å². The maximum absolute atomic E-state index is 12.4. The summed E-state index contributed by atoms with van der Waals surface area (Å²) in [6, 6.07) is 16.1. The Bertz CT molecular complexity index is 1110. The first kappa shape index (κ1) is 19.8. The smallest absolute Gasteiger partial charge is 0.230 e.